The van der Waals surface area contributed by atoms with Gasteiger partial charge in [-0.15, -0.1) is 0 Å². The van der Waals surface area contributed by atoms with Gasteiger partial charge in [0.15, 0.2) is 9.84 Å². The van der Waals surface area contributed by atoms with Gasteiger partial charge in [0.05, 0.1) is 21.5 Å². The van der Waals surface area contributed by atoms with Gasteiger partial charge in [0.25, 0.3) is 5.91 Å². The fourth-order valence-corrected chi connectivity index (χ4v) is 5.62. The van der Waals surface area contributed by atoms with E-state index in [9.17, 15) is 13.2 Å². The SMILES string of the molecule is O=C(c1c2ccccc2nc2ccccc12)N1CC(S(=O)(=O)c2ccc(Cl)cc2)C1. The number of likely N-dealkylation sites (tertiary alicyclic amines) is 1. The lowest BCUT2D eigenvalue weighted by Gasteiger charge is -2.39. The number of para-hydroxylation sites is 2. The minimum atomic E-state index is -3.52. The van der Waals surface area contributed by atoms with Crippen LogP contribution in [-0.4, -0.2) is 42.5 Å². The summed E-state index contributed by atoms with van der Waals surface area (Å²) < 4.78 is 25.7. The van der Waals surface area contributed by atoms with Crippen molar-refractivity contribution in [2.24, 2.45) is 0 Å². The van der Waals surface area contributed by atoms with E-state index in [1.807, 2.05) is 48.5 Å². The molecule has 0 unspecified atom stereocenters. The minimum absolute atomic E-state index is 0.161. The number of carbonyl (C=O) groups is 1. The molecule has 30 heavy (non-hydrogen) atoms. The molecule has 7 heteroatoms. The van der Waals surface area contributed by atoms with Gasteiger partial charge in [0, 0.05) is 28.9 Å². The van der Waals surface area contributed by atoms with Crippen molar-refractivity contribution in [3.05, 3.63) is 83.4 Å². The van der Waals surface area contributed by atoms with E-state index in [0.717, 1.165) is 21.8 Å². The molecule has 1 amide bonds. The van der Waals surface area contributed by atoms with E-state index in [-0.39, 0.29) is 23.9 Å². The van der Waals surface area contributed by atoms with Crippen LogP contribution in [0.4, 0.5) is 0 Å². The van der Waals surface area contributed by atoms with Crippen molar-refractivity contribution >= 4 is 49.2 Å². The van der Waals surface area contributed by atoms with Gasteiger partial charge in [-0.2, -0.15) is 0 Å². The Bertz CT molecular complexity index is 1340. The molecular formula is C23H17ClN2O3S. The summed E-state index contributed by atoms with van der Waals surface area (Å²) in [4.78, 5) is 19.9. The van der Waals surface area contributed by atoms with Gasteiger partial charge < -0.3 is 4.90 Å². The Hall–Kier alpha value is -2.96. The number of benzene rings is 3. The van der Waals surface area contributed by atoms with Crippen molar-refractivity contribution in [3.8, 4) is 0 Å². The van der Waals surface area contributed by atoms with E-state index < -0.39 is 15.1 Å². The Morgan fingerprint density at radius 2 is 1.40 bits per heavy atom. The number of hydrogen-bond acceptors (Lipinski definition) is 4. The third-order valence-electron chi connectivity index (χ3n) is 5.52. The molecule has 2 heterocycles. The molecule has 1 aliphatic rings. The first-order valence-electron chi connectivity index (χ1n) is 9.51. The van der Waals surface area contributed by atoms with Crippen LogP contribution in [0.5, 0.6) is 0 Å². The summed E-state index contributed by atoms with van der Waals surface area (Å²) in [5, 5.41) is 1.40. The summed E-state index contributed by atoms with van der Waals surface area (Å²) in [6.45, 7) is 0.323. The van der Waals surface area contributed by atoms with Gasteiger partial charge in [0.1, 0.15) is 5.25 Å². The maximum atomic E-state index is 13.4. The number of nitrogens with zero attached hydrogens (tertiary/aromatic N) is 2. The predicted octanol–water partition coefficient (Wildman–Crippen LogP) is 4.34. The second-order valence-electron chi connectivity index (χ2n) is 7.35. The summed E-state index contributed by atoms with van der Waals surface area (Å²) >= 11 is 5.86. The molecule has 0 aliphatic carbocycles. The van der Waals surface area contributed by atoms with Crippen molar-refractivity contribution < 1.29 is 13.2 Å². The predicted molar refractivity (Wildman–Crippen MR) is 118 cm³/mol. The van der Waals surface area contributed by atoms with Crippen LogP contribution in [-0.2, 0) is 9.84 Å². The summed E-state index contributed by atoms with van der Waals surface area (Å²) in [6, 6.07) is 21.2. The van der Waals surface area contributed by atoms with E-state index in [2.05, 4.69) is 4.98 Å². The number of sulfone groups is 1. The fraction of sp³-hybridized carbons (Fsp3) is 0.130. The molecule has 0 spiro atoms. The highest BCUT2D eigenvalue weighted by Gasteiger charge is 2.41. The molecule has 1 aromatic heterocycles. The van der Waals surface area contributed by atoms with Gasteiger partial charge in [-0.25, -0.2) is 13.4 Å². The second kappa shape index (κ2) is 7.07. The van der Waals surface area contributed by atoms with Crippen molar-refractivity contribution in [1.29, 1.82) is 0 Å². The van der Waals surface area contributed by atoms with Gasteiger partial charge in [0.2, 0.25) is 0 Å². The van der Waals surface area contributed by atoms with Crippen LogP contribution in [0.3, 0.4) is 0 Å². The largest absolute Gasteiger partial charge is 0.336 e. The van der Waals surface area contributed by atoms with Gasteiger partial charge >= 0.3 is 0 Å². The van der Waals surface area contributed by atoms with Gasteiger partial charge in [-0.3, -0.25) is 4.79 Å². The number of amides is 1. The molecule has 1 fully saturated rings. The molecule has 0 saturated carbocycles. The Kier molecular flexibility index (Phi) is 4.49. The quantitative estimate of drug-likeness (QED) is 0.448. The third kappa shape index (κ3) is 3.04. The zero-order chi connectivity index (χ0) is 20.9. The molecule has 150 valence electrons. The molecule has 0 radical (unpaired) electrons. The van der Waals surface area contributed by atoms with Crippen molar-refractivity contribution in [3.63, 3.8) is 0 Å². The van der Waals surface area contributed by atoms with Crippen LogP contribution >= 0.6 is 11.6 Å². The molecule has 1 aliphatic heterocycles. The zero-order valence-corrected chi connectivity index (χ0v) is 17.4. The Morgan fingerprint density at radius 3 is 1.97 bits per heavy atom. The molecule has 4 aromatic rings. The first-order chi connectivity index (χ1) is 14.4. The first-order valence-corrected chi connectivity index (χ1v) is 11.4. The number of fused-ring (bicyclic) bond motifs is 2. The zero-order valence-electron chi connectivity index (χ0n) is 15.8. The fourth-order valence-electron chi connectivity index (χ4n) is 3.85. The highest BCUT2D eigenvalue weighted by Crippen LogP contribution is 2.31. The third-order valence-corrected chi connectivity index (χ3v) is 7.87. The van der Waals surface area contributed by atoms with E-state index in [1.54, 1.807) is 17.0 Å². The van der Waals surface area contributed by atoms with E-state index in [4.69, 9.17) is 11.6 Å². The molecule has 3 aromatic carbocycles. The number of aromatic nitrogens is 1. The Balaban J connectivity index is 1.48. The van der Waals surface area contributed by atoms with Crippen molar-refractivity contribution in [2.75, 3.05) is 13.1 Å². The van der Waals surface area contributed by atoms with E-state index >= 15 is 0 Å². The maximum Gasteiger partial charge on any atom is 0.255 e. The number of hydrogen-bond donors (Lipinski definition) is 0. The summed E-state index contributed by atoms with van der Waals surface area (Å²) in [5.74, 6) is -0.174. The Morgan fingerprint density at radius 1 is 0.867 bits per heavy atom. The van der Waals surface area contributed by atoms with Crippen molar-refractivity contribution in [2.45, 2.75) is 10.1 Å². The molecule has 5 rings (SSSR count). The van der Waals surface area contributed by atoms with Crippen LogP contribution in [0, 0.1) is 0 Å². The summed E-state index contributed by atoms with van der Waals surface area (Å²) in [6.07, 6.45) is 0. The second-order valence-corrected chi connectivity index (χ2v) is 10.0. The molecule has 0 atom stereocenters. The smallest absolute Gasteiger partial charge is 0.255 e. The summed E-state index contributed by atoms with van der Waals surface area (Å²) in [7, 11) is -3.52. The lowest BCUT2D eigenvalue weighted by Crippen LogP contribution is -2.56. The first kappa shape index (κ1) is 19.0. The normalized spacial score (nSPS) is 14.8. The lowest BCUT2D eigenvalue weighted by atomic mass is 10.00. The monoisotopic (exact) mass is 436 g/mol. The number of pyridine rings is 1. The average Bonchev–Trinajstić information content (AvgIpc) is 2.71. The molecular weight excluding hydrogens is 420 g/mol. The number of halogens is 1. The van der Waals surface area contributed by atoms with E-state index in [0.29, 0.717) is 10.6 Å². The molecule has 0 bridgehead atoms. The van der Waals surface area contributed by atoms with Gasteiger partial charge in [-0.05, 0) is 36.4 Å². The number of carbonyl (C=O) groups excluding carboxylic acids is 1. The highest BCUT2D eigenvalue weighted by molar-refractivity contribution is 7.92. The topological polar surface area (TPSA) is 67.3 Å². The van der Waals surface area contributed by atoms with Crippen LogP contribution < -0.4 is 0 Å². The molecule has 0 N–H and O–H groups in total. The minimum Gasteiger partial charge on any atom is -0.336 e. The maximum absolute atomic E-state index is 13.4. The number of rotatable bonds is 3. The van der Waals surface area contributed by atoms with E-state index in [1.165, 1.54) is 12.1 Å². The average molecular weight is 437 g/mol. The standard InChI is InChI=1S/C23H17ClN2O3S/c24-15-9-11-16(12-10-15)30(28,29)17-13-26(14-17)23(27)22-18-5-1-3-7-20(18)25-21-8-4-2-6-19(21)22/h1-12,17H,13-14H2. The highest BCUT2D eigenvalue weighted by atomic mass is 35.5. The lowest BCUT2D eigenvalue weighted by molar-refractivity contribution is 0.0663. The van der Waals surface area contributed by atoms with Crippen LogP contribution in [0.25, 0.3) is 21.8 Å². The Labute approximate surface area is 178 Å². The summed E-state index contributed by atoms with van der Waals surface area (Å²) in [5.41, 5.74) is 2.05. The van der Waals surface area contributed by atoms with Gasteiger partial charge in [-0.1, -0.05) is 48.0 Å². The van der Waals surface area contributed by atoms with Crippen LogP contribution in [0.15, 0.2) is 77.7 Å². The molecule has 5 nitrogen and oxygen atoms in total. The van der Waals surface area contributed by atoms with Crippen molar-refractivity contribution in [1.82, 2.24) is 9.88 Å². The molecule has 1 saturated heterocycles. The van der Waals surface area contributed by atoms with Crippen LogP contribution in [0.2, 0.25) is 5.02 Å². The van der Waals surface area contributed by atoms with Crippen LogP contribution in [0.1, 0.15) is 10.4 Å².